The Hall–Kier alpha value is -4.19. The van der Waals surface area contributed by atoms with Crippen molar-refractivity contribution in [1.29, 1.82) is 0 Å². The van der Waals surface area contributed by atoms with Gasteiger partial charge >= 0.3 is 0 Å². The van der Waals surface area contributed by atoms with Gasteiger partial charge in [-0.2, -0.15) is 9.78 Å². The highest BCUT2D eigenvalue weighted by atomic mass is 16.5. The normalized spacial score (nSPS) is 12.7. The van der Waals surface area contributed by atoms with Gasteiger partial charge < -0.3 is 9.30 Å². The lowest BCUT2D eigenvalue weighted by molar-refractivity contribution is 0.335. The van der Waals surface area contributed by atoms with E-state index in [9.17, 15) is 4.79 Å². The molecule has 0 bridgehead atoms. The van der Waals surface area contributed by atoms with E-state index in [0.29, 0.717) is 29.4 Å². The SMILES string of the molecule is CCOc1cc(C)c(-c2nc3ccccc3c(=O)n2N=Cc2cn([C@@H](C)CC)c3ccccc23)cc1C(C)C. The van der Waals surface area contributed by atoms with Gasteiger partial charge in [0, 0.05) is 34.3 Å². The van der Waals surface area contributed by atoms with Crippen molar-refractivity contribution >= 4 is 28.0 Å². The Morgan fingerprint density at radius 1 is 1.00 bits per heavy atom. The number of aromatic nitrogens is 3. The summed E-state index contributed by atoms with van der Waals surface area (Å²) in [6, 6.07) is 20.3. The molecule has 0 spiro atoms. The van der Waals surface area contributed by atoms with Crippen LogP contribution in [0.5, 0.6) is 5.75 Å². The van der Waals surface area contributed by atoms with E-state index in [1.54, 1.807) is 12.3 Å². The zero-order valence-electron chi connectivity index (χ0n) is 23.6. The minimum absolute atomic E-state index is 0.197. The molecule has 0 fully saturated rings. The maximum atomic E-state index is 13.8. The monoisotopic (exact) mass is 520 g/mol. The van der Waals surface area contributed by atoms with Gasteiger partial charge in [-0.25, -0.2) is 4.98 Å². The number of hydrogen-bond donors (Lipinski definition) is 0. The Labute approximate surface area is 229 Å². The Bertz CT molecular complexity index is 1740. The molecule has 1 atom stereocenters. The smallest absolute Gasteiger partial charge is 0.282 e. The number of nitrogens with zero attached hydrogens (tertiary/aromatic N) is 4. The summed E-state index contributed by atoms with van der Waals surface area (Å²) < 4.78 is 9.68. The molecule has 0 aliphatic rings. The number of benzene rings is 3. The van der Waals surface area contributed by atoms with Crippen molar-refractivity contribution in [3.8, 4) is 17.1 Å². The molecule has 2 aromatic heterocycles. The molecular weight excluding hydrogens is 484 g/mol. The fraction of sp³-hybridized carbons (Fsp3) is 0.303. The van der Waals surface area contributed by atoms with Crippen molar-refractivity contribution in [2.75, 3.05) is 6.61 Å². The molecule has 39 heavy (non-hydrogen) atoms. The number of rotatable bonds is 8. The molecule has 0 radical (unpaired) electrons. The van der Waals surface area contributed by atoms with Gasteiger partial charge in [0.2, 0.25) is 0 Å². The van der Waals surface area contributed by atoms with Crippen LogP contribution in [0.15, 0.2) is 76.8 Å². The predicted molar refractivity (Wildman–Crippen MR) is 161 cm³/mol. The first-order valence-corrected chi connectivity index (χ1v) is 13.8. The summed E-state index contributed by atoms with van der Waals surface area (Å²) in [5, 5.41) is 6.43. The molecule has 5 rings (SSSR count). The summed E-state index contributed by atoms with van der Waals surface area (Å²) in [6.45, 7) is 13.3. The minimum atomic E-state index is -0.197. The van der Waals surface area contributed by atoms with Crippen LogP contribution in [-0.4, -0.2) is 27.0 Å². The third-order valence-corrected chi connectivity index (χ3v) is 7.42. The first kappa shape index (κ1) is 26.4. The molecule has 0 aliphatic carbocycles. The van der Waals surface area contributed by atoms with Crippen LogP contribution in [0.25, 0.3) is 33.2 Å². The average molecular weight is 521 g/mol. The first-order chi connectivity index (χ1) is 18.8. The fourth-order valence-corrected chi connectivity index (χ4v) is 5.09. The van der Waals surface area contributed by atoms with Crippen LogP contribution >= 0.6 is 0 Å². The van der Waals surface area contributed by atoms with Crippen LogP contribution in [-0.2, 0) is 0 Å². The molecule has 3 aromatic carbocycles. The zero-order chi connectivity index (χ0) is 27.7. The van der Waals surface area contributed by atoms with E-state index in [-0.39, 0.29) is 11.5 Å². The minimum Gasteiger partial charge on any atom is -0.494 e. The second-order valence-electron chi connectivity index (χ2n) is 10.4. The van der Waals surface area contributed by atoms with Gasteiger partial charge in [0.25, 0.3) is 5.56 Å². The maximum absolute atomic E-state index is 13.8. The zero-order valence-corrected chi connectivity index (χ0v) is 23.6. The quantitative estimate of drug-likeness (QED) is 0.197. The van der Waals surface area contributed by atoms with E-state index in [4.69, 9.17) is 14.8 Å². The van der Waals surface area contributed by atoms with E-state index in [1.165, 1.54) is 4.68 Å². The van der Waals surface area contributed by atoms with Gasteiger partial charge in [-0.3, -0.25) is 4.79 Å². The van der Waals surface area contributed by atoms with Crippen LogP contribution in [0, 0.1) is 6.92 Å². The highest BCUT2D eigenvalue weighted by molar-refractivity contribution is 5.99. The predicted octanol–water partition coefficient (Wildman–Crippen LogP) is 7.70. The lowest BCUT2D eigenvalue weighted by Gasteiger charge is -2.18. The molecule has 2 heterocycles. The standard InChI is InChI=1S/C33H36N4O2/c1-7-23(6)36-20-24(25-13-10-12-16-30(25)36)19-34-37-32(35-29-15-11-9-14-26(29)33(37)38)28-18-27(21(3)4)31(39-8-2)17-22(28)5/h9-21,23H,7-8H2,1-6H3/t23-/m0/s1. The van der Waals surface area contributed by atoms with Crippen molar-refractivity contribution in [1.82, 2.24) is 14.2 Å². The third kappa shape index (κ3) is 4.87. The van der Waals surface area contributed by atoms with Gasteiger partial charge in [-0.1, -0.05) is 51.1 Å². The van der Waals surface area contributed by atoms with Gasteiger partial charge in [0.05, 0.1) is 23.7 Å². The van der Waals surface area contributed by atoms with E-state index in [2.05, 4.69) is 62.7 Å². The molecule has 0 unspecified atom stereocenters. The molecule has 5 aromatic rings. The summed E-state index contributed by atoms with van der Waals surface area (Å²) in [5.41, 5.74) is 5.48. The van der Waals surface area contributed by atoms with Crippen molar-refractivity contribution in [3.63, 3.8) is 0 Å². The van der Waals surface area contributed by atoms with Crippen molar-refractivity contribution in [2.24, 2.45) is 5.10 Å². The number of aryl methyl sites for hydroxylation is 1. The van der Waals surface area contributed by atoms with Gasteiger partial charge in [0.1, 0.15) is 5.75 Å². The summed E-state index contributed by atoms with van der Waals surface area (Å²) in [7, 11) is 0. The lowest BCUT2D eigenvalue weighted by atomic mass is 9.96. The van der Waals surface area contributed by atoms with E-state index < -0.39 is 0 Å². The second-order valence-corrected chi connectivity index (χ2v) is 10.4. The molecular formula is C33H36N4O2. The van der Waals surface area contributed by atoms with Crippen molar-refractivity contribution < 1.29 is 4.74 Å². The van der Waals surface area contributed by atoms with Gasteiger partial charge in [-0.15, -0.1) is 0 Å². The van der Waals surface area contributed by atoms with E-state index >= 15 is 0 Å². The fourth-order valence-electron chi connectivity index (χ4n) is 5.09. The molecule has 0 saturated carbocycles. The van der Waals surface area contributed by atoms with Crippen molar-refractivity contribution in [3.05, 3.63) is 93.9 Å². The second kappa shape index (κ2) is 10.9. The molecule has 0 aliphatic heterocycles. The molecule has 0 saturated heterocycles. The first-order valence-electron chi connectivity index (χ1n) is 13.8. The Kier molecular flexibility index (Phi) is 7.38. The number of hydrogen-bond acceptors (Lipinski definition) is 4. The average Bonchev–Trinajstić information content (AvgIpc) is 3.31. The van der Waals surface area contributed by atoms with Crippen LogP contribution in [0.2, 0.25) is 0 Å². The van der Waals surface area contributed by atoms with Crippen LogP contribution in [0.4, 0.5) is 0 Å². The summed E-state index contributed by atoms with van der Waals surface area (Å²) in [5.74, 6) is 1.62. The van der Waals surface area contributed by atoms with E-state index in [0.717, 1.165) is 45.3 Å². The Morgan fingerprint density at radius 2 is 1.72 bits per heavy atom. The number of fused-ring (bicyclic) bond motifs is 2. The van der Waals surface area contributed by atoms with E-state index in [1.807, 2.05) is 44.2 Å². The molecule has 200 valence electrons. The molecule has 6 heteroatoms. The number of ether oxygens (including phenoxy) is 1. The largest absolute Gasteiger partial charge is 0.494 e. The Balaban J connectivity index is 1.74. The molecule has 6 nitrogen and oxygen atoms in total. The maximum Gasteiger partial charge on any atom is 0.282 e. The highest BCUT2D eigenvalue weighted by Gasteiger charge is 2.19. The highest BCUT2D eigenvalue weighted by Crippen LogP contribution is 2.34. The van der Waals surface area contributed by atoms with Gasteiger partial charge in [-0.05, 0) is 74.6 Å². The van der Waals surface area contributed by atoms with Gasteiger partial charge in [0.15, 0.2) is 5.82 Å². The summed E-state index contributed by atoms with van der Waals surface area (Å²) in [6.07, 6.45) is 4.93. The lowest BCUT2D eigenvalue weighted by Crippen LogP contribution is -2.20. The number of para-hydroxylation sites is 2. The van der Waals surface area contributed by atoms with Crippen LogP contribution in [0.3, 0.4) is 0 Å². The topological polar surface area (TPSA) is 61.4 Å². The van der Waals surface area contributed by atoms with Crippen LogP contribution in [0.1, 0.15) is 69.7 Å². The van der Waals surface area contributed by atoms with Crippen LogP contribution < -0.4 is 10.3 Å². The van der Waals surface area contributed by atoms with Crippen molar-refractivity contribution in [2.45, 2.75) is 59.9 Å². The summed E-state index contributed by atoms with van der Waals surface area (Å²) >= 11 is 0. The third-order valence-electron chi connectivity index (χ3n) is 7.42. The molecule has 0 N–H and O–H groups in total. The Morgan fingerprint density at radius 3 is 2.44 bits per heavy atom. The summed E-state index contributed by atoms with van der Waals surface area (Å²) in [4.78, 5) is 18.8. The molecule has 0 amide bonds.